The van der Waals surface area contributed by atoms with Crippen LogP contribution in [0.15, 0.2) is 58.6 Å². The van der Waals surface area contributed by atoms with E-state index in [1.807, 2.05) is 0 Å². The maximum absolute atomic E-state index is 12.8. The van der Waals surface area contributed by atoms with Crippen LogP contribution in [0.3, 0.4) is 0 Å². The number of fused-ring (bicyclic) bond motifs is 1. The number of aliphatic hydroxyl groups excluding tert-OH is 2. The van der Waals surface area contributed by atoms with Crippen molar-refractivity contribution in [2.45, 2.75) is 65.0 Å². The van der Waals surface area contributed by atoms with Crippen molar-refractivity contribution in [1.82, 2.24) is 5.32 Å². The Kier molecular flexibility index (Phi) is 11.4. The largest absolute Gasteiger partial charge is 0.505 e. The van der Waals surface area contributed by atoms with E-state index in [-0.39, 0.29) is 35.6 Å². The number of hydrogen-bond donors (Lipinski definition) is 4. The van der Waals surface area contributed by atoms with Crippen molar-refractivity contribution >= 4 is 23.6 Å². The number of allylic oxidation sites excluding steroid dienone is 4. The van der Waals surface area contributed by atoms with Crippen molar-refractivity contribution in [3.63, 3.8) is 0 Å². The van der Waals surface area contributed by atoms with Gasteiger partial charge in [0.25, 0.3) is 5.91 Å². The number of amides is 2. The molecule has 6 atom stereocenters. The number of aliphatic hydroxyl groups is 2. The fourth-order valence-electron chi connectivity index (χ4n) is 4.57. The highest BCUT2D eigenvalue weighted by molar-refractivity contribution is 6.48. The van der Waals surface area contributed by atoms with Gasteiger partial charge in [0.1, 0.15) is 11.9 Å². The Morgan fingerprint density at radius 3 is 2.38 bits per heavy atom. The molecule has 11 heteroatoms. The number of carbonyl (C=O) groups excluding carboxylic acids is 4. The van der Waals surface area contributed by atoms with Gasteiger partial charge in [-0.15, -0.1) is 0 Å². The summed E-state index contributed by atoms with van der Waals surface area (Å²) >= 11 is 0. The molecule has 1 aliphatic carbocycles. The molecular weight excluding hydrogens is 508 g/mol. The number of carbonyl (C=O) groups is 4. The van der Waals surface area contributed by atoms with Gasteiger partial charge in [0.05, 0.1) is 17.9 Å². The first kappa shape index (κ1) is 31.7. The topological polar surface area (TPSA) is 174 Å². The molecular formula is C28H38N2O9. The first-order valence-corrected chi connectivity index (χ1v) is 12.6. The number of ether oxygens (including phenoxy) is 3. The lowest BCUT2D eigenvalue weighted by molar-refractivity contribution is -0.132. The summed E-state index contributed by atoms with van der Waals surface area (Å²) in [6.07, 6.45) is 3.07. The van der Waals surface area contributed by atoms with Gasteiger partial charge in [0.15, 0.2) is 6.10 Å². The van der Waals surface area contributed by atoms with Gasteiger partial charge in [-0.25, -0.2) is 4.79 Å². The van der Waals surface area contributed by atoms with Crippen molar-refractivity contribution < 1.29 is 43.6 Å². The second-order valence-corrected chi connectivity index (χ2v) is 9.90. The van der Waals surface area contributed by atoms with Crippen LogP contribution in [0.4, 0.5) is 4.79 Å². The van der Waals surface area contributed by atoms with Gasteiger partial charge in [-0.05, 0) is 38.2 Å². The summed E-state index contributed by atoms with van der Waals surface area (Å²) in [6, 6.07) is 0. The van der Waals surface area contributed by atoms with Crippen LogP contribution in [0, 0.1) is 11.8 Å². The Bertz CT molecular complexity index is 1130. The summed E-state index contributed by atoms with van der Waals surface area (Å²) in [4.78, 5) is 49.4. The van der Waals surface area contributed by atoms with E-state index < -0.39 is 59.7 Å². The second kappa shape index (κ2) is 14.0. The van der Waals surface area contributed by atoms with Crippen LogP contribution >= 0.6 is 0 Å². The highest BCUT2D eigenvalue weighted by atomic mass is 16.6. The van der Waals surface area contributed by atoms with E-state index in [4.69, 9.17) is 19.9 Å². The summed E-state index contributed by atoms with van der Waals surface area (Å²) in [6.45, 7) is 6.79. The zero-order valence-electron chi connectivity index (χ0n) is 23.1. The third kappa shape index (κ3) is 8.22. The van der Waals surface area contributed by atoms with Gasteiger partial charge in [-0.1, -0.05) is 38.2 Å². The van der Waals surface area contributed by atoms with Gasteiger partial charge in [0.2, 0.25) is 11.6 Å². The van der Waals surface area contributed by atoms with Crippen molar-refractivity contribution in [3.05, 3.63) is 58.6 Å². The van der Waals surface area contributed by atoms with Crippen LogP contribution in [-0.4, -0.2) is 72.4 Å². The Morgan fingerprint density at radius 2 is 1.79 bits per heavy atom. The number of primary amides is 1. The maximum Gasteiger partial charge on any atom is 0.405 e. The predicted octanol–water partition coefficient (Wildman–Crippen LogP) is 2.32. The summed E-state index contributed by atoms with van der Waals surface area (Å²) in [5, 5.41) is 24.3. The van der Waals surface area contributed by atoms with Crippen molar-refractivity contribution in [3.8, 4) is 0 Å². The molecule has 2 rings (SSSR count). The molecule has 11 nitrogen and oxygen atoms in total. The molecule has 0 radical (unpaired) electrons. The standard InChI is InChI=1S/C28H38N2O9/c1-14-10-18-24(33)19(13-20(31)25(18)34)30-27(35)15(2)8-7-9-21(37-5)26(39-28(29)36)17(4)12-16(3)23(32)22(11-14)38-6/h7-9,12-14,16,21-23,26,32-33H,10-11H2,1-6H3,(H2,29,36)(H,30,35)/b9-7+,15-8+,17-12+/t14-,16+,21+,22+,23-,26+/m1/s1. The lowest BCUT2D eigenvalue weighted by atomic mass is 9.85. The minimum Gasteiger partial charge on any atom is -0.505 e. The number of nitrogens with two attached hydrogens (primary N) is 1. The monoisotopic (exact) mass is 546 g/mol. The molecule has 2 amide bonds. The fraction of sp³-hybridized carbons (Fsp3) is 0.500. The first-order valence-electron chi connectivity index (χ1n) is 12.6. The molecule has 0 saturated carbocycles. The third-order valence-corrected chi connectivity index (χ3v) is 6.77. The number of methoxy groups -OCH3 is 2. The van der Waals surface area contributed by atoms with Crippen molar-refractivity contribution in [2.75, 3.05) is 14.2 Å². The van der Waals surface area contributed by atoms with E-state index in [1.54, 1.807) is 32.9 Å². The van der Waals surface area contributed by atoms with Crippen LogP contribution in [0.5, 0.6) is 0 Å². The van der Waals surface area contributed by atoms with Crippen LogP contribution in [0.25, 0.3) is 0 Å². The Balaban J connectivity index is 2.59. The molecule has 0 aromatic heterocycles. The molecule has 2 bridgehead atoms. The van der Waals surface area contributed by atoms with Crippen molar-refractivity contribution in [2.24, 2.45) is 17.6 Å². The SMILES string of the molecule is CO[C@H]1/C=C/C=C(\C)C(=O)NC2=CC(=O)C(=O)C(=C2O)C[C@@H](C)C[C@H](OC)[C@H](O)[C@@H](C)/C=C(\C)[C@@H]1OC(N)=O. The molecule has 0 aromatic carbocycles. The second-order valence-electron chi connectivity index (χ2n) is 9.90. The van der Waals surface area contributed by atoms with Crippen LogP contribution in [-0.2, 0) is 28.6 Å². The molecule has 1 aliphatic heterocycles. The number of nitrogens with one attached hydrogen (secondary N) is 1. The zero-order chi connectivity index (χ0) is 29.4. The third-order valence-electron chi connectivity index (χ3n) is 6.77. The quantitative estimate of drug-likeness (QED) is 0.235. The minimum absolute atomic E-state index is 0.0149. The molecule has 214 valence electrons. The summed E-state index contributed by atoms with van der Waals surface area (Å²) in [5.41, 5.74) is 5.79. The highest BCUT2D eigenvalue weighted by Crippen LogP contribution is 2.29. The minimum atomic E-state index is -1.01. The van der Waals surface area contributed by atoms with Crippen LogP contribution in [0.1, 0.15) is 40.5 Å². The number of Topliss-reactive ketones (excluding diaryl/α,β-unsaturated/α-hetero) is 1. The van der Waals surface area contributed by atoms with E-state index in [0.717, 1.165) is 6.08 Å². The van der Waals surface area contributed by atoms with Gasteiger partial charge < -0.3 is 35.5 Å². The highest BCUT2D eigenvalue weighted by Gasteiger charge is 2.33. The van der Waals surface area contributed by atoms with E-state index >= 15 is 0 Å². The van der Waals surface area contributed by atoms with E-state index in [0.29, 0.717) is 5.57 Å². The smallest absolute Gasteiger partial charge is 0.405 e. The summed E-state index contributed by atoms with van der Waals surface area (Å²) in [7, 11) is 2.86. The molecule has 1 heterocycles. The molecule has 2 aliphatic rings. The lowest BCUT2D eigenvalue weighted by Crippen LogP contribution is -2.37. The molecule has 0 saturated heterocycles. The Hall–Kier alpha value is -3.54. The van der Waals surface area contributed by atoms with Gasteiger partial charge in [-0.2, -0.15) is 0 Å². The van der Waals surface area contributed by atoms with Gasteiger partial charge >= 0.3 is 6.09 Å². The molecule has 0 unspecified atom stereocenters. The molecule has 0 aromatic rings. The zero-order valence-corrected chi connectivity index (χ0v) is 23.1. The summed E-state index contributed by atoms with van der Waals surface area (Å²) < 4.78 is 16.4. The van der Waals surface area contributed by atoms with E-state index in [9.17, 15) is 29.4 Å². The maximum atomic E-state index is 12.8. The van der Waals surface area contributed by atoms with Crippen LogP contribution in [0.2, 0.25) is 0 Å². The number of hydrogen-bond acceptors (Lipinski definition) is 9. The first-order chi connectivity index (χ1) is 18.3. The molecule has 0 spiro atoms. The summed E-state index contributed by atoms with van der Waals surface area (Å²) in [5.74, 6) is -3.58. The van der Waals surface area contributed by atoms with Crippen molar-refractivity contribution in [1.29, 1.82) is 0 Å². The lowest BCUT2D eigenvalue weighted by Gasteiger charge is -2.29. The molecule has 39 heavy (non-hydrogen) atoms. The molecule has 0 fully saturated rings. The normalized spacial score (nSPS) is 33.3. The number of rotatable bonds is 3. The Labute approximate surface area is 228 Å². The van der Waals surface area contributed by atoms with Gasteiger partial charge in [-0.3, -0.25) is 14.4 Å². The number of ketones is 2. The van der Waals surface area contributed by atoms with E-state index in [1.165, 1.54) is 33.3 Å². The average molecular weight is 547 g/mol. The van der Waals surface area contributed by atoms with Crippen LogP contribution < -0.4 is 11.1 Å². The molecule has 5 N–H and O–H groups in total. The predicted molar refractivity (Wildman–Crippen MR) is 142 cm³/mol. The van der Waals surface area contributed by atoms with Gasteiger partial charge in [0, 0.05) is 37.4 Å². The average Bonchev–Trinajstić information content (AvgIpc) is 2.88. The fourth-order valence-corrected chi connectivity index (χ4v) is 4.57. The van der Waals surface area contributed by atoms with E-state index in [2.05, 4.69) is 5.32 Å². The Morgan fingerprint density at radius 1 is 1.13 bits per heavy atom.